The fourth-order valence-electron chi connectivity index (χ4n) is 0.0471. The van der Waals surface area contributed by atoms with Gasteiger partial charge in [0.25, 0.3) is 0 Å². The Morgan fingerprint density at radius 3 is 1.88 bits per heavy atom. The summed E-state index contributed by atoms with van der Waals surface area (Å²) < 4.78 is 1.18. The average Bonchev–Trinajstić information content (AvgIpc) is 1.65. The number of hydrogen-bond donors (Lipinski definition) is 1. The summed E-state index contributed by atoms with van der Waals surface area (Å²) in [5, 5.41) is 7.73. The van der Waals surface area contributed by atoms with Crippen LogP contribution in [0.25, 0.3) is 0 Å². The van der Waals surface area contributed by atoms with Crippen LogP contribution in [0.4, 0.5) is 0 Å². The molecule has 0 aromatic carbocycles. The molecule has 0 aromatic rings. The van der Waals surface area contributed by atoms with Crippen molar-refractivity contribution in [3.05, 3.63) is 0 Å². The van der Waals surface area contributed by atoms with Gasteiger partial charge in [0.1, 0.15) is 0 Å². The molecule has 0 fully saturated rings. The Labute approximate surface area is 51.1 Å². The zero-order chi connectivity index (χ0) is 4.99. The monoisotopic (exact) mass is 122 g/mol. The van der Waals surface area contributed by atoms with E-state index in [-0.39, 0.29) is 14.9 Å². The highest BCUT2D eigenvalue weighted by Gasteiger charge is 1.81. The summed E-state index contributed by atoms with van der Waals surface area (Å²) in [6, 6.07) is 0. The highest BCUT2D eigenvalue weighted by Crippen LogP contribution is 1.57. The summed E-state index contributed by atoms with van der Waals surface area (Å²) in [7, 11) is 1.58. The van der Waals surface area contributed by atoms with E-state index in [1.165, 1.54) is 4.74 Å². The fourth-order valence-corrected chi connectivity index (χ4v) is 0.0471. The molecular formula is C5H16NO2+. The molecule has 0 atom stereocenters. The van der Waals surface area contributed by atoms with Crippen LogP contribution in [-0.2, 0) is 4.99 Å². The molecule has 0 radical (unpaired) electrons. The topological polar surface area (TPSA) is 32.5 Å². The van der Waals surface area contributed by atoms with Gasteiger partial charge in [-0.05, 0) is 0 Å². The quantitative estimate of drug-likeness (QED) is 0.247. The van der Waals surface area contributed by atoms with E-state index in [1.54, 1.807) is 20.2 Å². The van der Waals surface area contributed by atoms with E-state index < -0.39 is 0 Å². The van der Waals surface area contributed by atoms with Gasteiger partial charge in [-0.1, -0.05) is 19.8 Å². The van der Waals surface area contributed by atoms with Gasteiger partial charge in [-0.15, -0.1) is 5.26 Å². The van der Waals surface area contributed by atoms with Crippen LogP contribution in [0, 0.1) is 0 Å². The van der Waals surface area contributed by atoms with E-state index in [4.69, 9.17) is 5.26 Å². The molecule has 0 amide bonds. The van der Waals surface area contributed by atoms with Gasteiger partial charge in [-0.2, -0.15) is 0 Å². The first-order valence-corrected chi connectivity index (χ1v) is 1.65. The first-order chi connectivity index (χ1) is 2.81. The van der Waals surface area contributed by atoms with E-state index in [0.29, 0.717) is 0 Å². The van der Waals surface area contributed by atoms with Crippen LogP contribution in [0.15, 0.2) is 0 Å². The molecule has 0 aliphatic heterocycles. The Morgan fingerprint density at radius 2 is 1.88 bits per heavy atom. The van der Waals surface area contributed by atoms with Crippen molar-refractivity contribution < 1.29 is 15.0 Å². The molecule has 0 aromatic heterocycles. The standard InChI is InChI=1S/C3H7NO2.2CH4/c1-3-4(2)6-5;;/h3H,1-2H3;2*1H4/p+1. The van der Waals surface area contributed by atoms with Crippen LogP contribution in [0.2, 0.25) is 0 Å². The predicted molar refractivity (Wildman–Crippen MR) is 35.1 cm³/mol. The molecule has 0 aliphatic rings. The molecular weight excluding hydrogens is 106 g/mol. The second kappa shape index (κ2) is 9.66. The smallest absolute Gasteiger partial charge is 0.143 e. The summed E-state index contributed by atoms with van der Waals surface area (Å²) in [4.78, 5) is 3.68. The molecule has 3 nitrogen and oxygen atoms in total. The second-order valence-electron chi connectivity index (χ2n) is 0.886. The second-order valence-corrected chi connectivity index (χ2v) is 0.886. The summed E-state index contributed by atoms with van der Waals surface area (Å²) in [6.07, 6.45) is 1.58. The molecule has 0 unspecified atom stereocenters. The highest BCUT2D eigenvalue weighted by atomic mass is 17.2. The van der Waals surface area contributed by atoms with Gasteiger partial charge in [-0.25, -0.2) is 0 Å². The van der Waals surface area contributed by atoms with Crippen molar-refractivity contribution in [1.82, 2.24) is 0 Å². The van der Waals surface area contributed by atoms with Crippen molar-refractivity contribution >= 4 is 6.21 Å². The third kappa shape index (κ3) is 9.06. The number of nitrogens with zero attached hydrogens (tertiary/aromatic N) is 1. The lowest BCUT2D eigenvalue weighted by Gasteiger charge is -1.78. The molecule has 0 rings (SSSR count). The Kier molecular flexibility index (Phi) is 18.9. The van der Waals surface area contributed by atoms with Crippen molar-refractivity contribution in [2.45, 2.75) is 21.8 Å². The SMILES string of the molecule is C.C.CC=[N+](C)OO. The molecule has 0 heterocycles. The molecule has 8 heavy (non-hydrogen) atoms. The van der Waals surface area contributed by atoms with E-state index >= 15 is 0 Å². The minimum Gasteiger partial charge on any atom is -0.143 e. The minimum absolute atomic E-state index is 0. The van der Waals surface area contributed by atoms with Gasteiger partial charge < -0.3 is 0 Å². The van der Waals surface area contributed by atoms with Crippen molar-refractivity contribution in [2.24, 2.45) is 0 Å². The summed E-state index contributed by atoms with van der Waals surface area (Å²) in [5.74, 6) is 0. The van der Waals surface area contributed by atoms with E-state index in [2.05, 4.69) is 4.99 Å². The number of hydroxylamine groups is 1. The Balaban J connectivity index is -0.000000125. The molecule has 0 bridgehead atoms. The maximum absolute atomic E-state index is 7.73. The lowest BCUT2D eigenvalue weighted by molar-refractivity contribution is -0.852. The van der Waals surface area contributed by atoms with Crippen molar-refractivity contribution in [2.75, 3.05) is 7.05 Å². The van der Waals surface area contributed by atoms with Gasteiger partial charge in [-0.3, -0.25) is 0 Å². The lowest BCUT2D eigenvalue weighted by Crippen LogP contribution is -2.01. The minimum atomic E-state index is 0. The van der Waals surface area contributed by atoms with Crippen LogP contribution in [0.3, 0.4) is 0 Å². The third-order valence-corrected chi connectivity index (χ3v) is 0.492. The molecule has 3 heteroatoms. The molecule has 0 spiro atoms. The van der Waals surface area contributed by atoms with Gasteiger partial charge >= 0.3 is 0 Å². The van der Waals surface area contributed by atoms with E-state index in [0.717, 1.165) is 0 Å². The van der Waals surface area contributed by atoms with Crippen molar-refractivity contribution in [3.63, 3.8) is 0 Å². The van der Waals surface area contributed by atoms with Gasteiger partial charge in [0, 0.05) is 11.7 Å². The number of rotatable bonds is 1. The van der Waals surface area contributed by atoms with Gasteiger partial charge in [0.2, 0.25) is 0 Å². The highest BCUT2D eigenvalue weighted by molar-refractivity contribution is 5.46. The van der Waals surface area contributed by atoms with Gasteiger partial charge in [0.05, 0.1) is 0 Å². The number of hydrogen-bond acceptors (Lipinski definition) is 2. The van der Waals surface area contributed by atoms with Crippen LogP contribution >= 0.6 is 0 Å². The third-order valence-electron chi connectivity index (χ3n) is 0.492. The first-order valence-electron chi connectivity index (χ1n) is 1.65. The molecule has 1 N–H and O–H groups in total. The summed E-state index contributed by atoms with van der Waals surface area (Å²) in [5.41, 5.74) is 0. The zero-order valence-electron chi connectivity index (χ0n) is 3.88. The Bertz CT molecular complexity index is 61.4. The summed E-state index contributed by atoms with van der Waals surface area (Å²) in [6.45, 7) is 1.75. The molecule has 52 valence electrons. The lowest BCUT2D eigenvalue weighted by atomic mass is 10.9. The van der Waals surface area contributed by atoms with E-state index in [9.17, 15) is 0 Å². The Morgan fingerprint density at radius 1 is 1.50 bits per heavy atom. The van der Waals surface area contributed by atoms with E-state index in [1.807, 2.05) is 0 Å². The van der Waals surface area contributed by atoms with Crippen LogP contribution in [0.5, 0.6) is 0 Å². The zero-order valence-corrected chi connectivity index (χ0v) is 3.88. The first kappa shape index (κ1) is 15.7. The summed E-state index contributed by atoms with van der Waals surface area (Å²) >= 11 is 0. The van der Waals surface area contributed by atoms with Crippen molar-refractivity contribution in [1.29, 1.82) is 0 Å². The largest absolute Gasteiger partial charge is 0.193 e. The normalized spacial score (nSPS) is 8.62. The maximum atomic E-state index is 7.73. The fraction of sp³-hybridized carbons (Fsp3) is 0.800. The van der Waals surface area contributed by atoms with Crippen LogP contribution in [0.1, 0.15) is 21.8 Å². The molecule has 0 aliphatic carbocycles. The average molecular weight is 122 g/mol. The van der Waals surface area contributed by atoms with Crippen molar-refractivity contribution in [3.8, 4) is 0 Å². The maximum Gasteiger partial charge on any atom is 0.193 e. The molecule has 0 saturated heterocycles. The Hall–Kier alpha value is -0.570. The molecule has 0 saturated carbocycles. The van der Waals surface area contributed by atoms with Gasteiger partial charge in [0.15, 0.2) is 13.3 Å². The van der Waals surface area contributed by atoms with Crippen LogP contribution < -0.4 is 0 Å². The predicted octanol–water partition coefficient (Wildman–Crippen LogP) is 1.40. The van der Waals surface area contributed by atoms with Crippen LogP contribution in [-0.4, -0.2) is 23.3 Å².